The largest absolute Gasteiger partial charge is 0.489 e. The van der Waals surface area contributed by atoms with Crippen LogP contribution in [-0.4, -0.2) is 30.2 Å². The van der Waals surface area contributed by atoms with E-state index < -0.39 is 17.5 Å². The Bertz CT molecular complexity index is 751. The van der Waals surface area contributed by atoms with Gasteiger partial charge < -0.3 is 20.2 Å². The number of amides is 1. The lowest BCUT2D eigenvalue weighted by atomic mass is 10.2. The summed E-state index contributed by atoms with van der Waals surface area (Å²) in [4.78, 5) is 21.5. The zero-order valence-corrected chi connectivity index (χ0v) is 18.8. The Labute approximate surface area is 180 Å². The standard InChI is InChI=1S/C14H14O.C8H14N2O3.C2H6/c1-12-7-9-14(10-8-12)15-11-13-5-3-2-4-6-13;1-8(2,3)13-7(12)10-5-6(11)4-9;1-2/h2-10H,11H2,1H3;4,9H,5H2,1-3H3,(H,10,12);1-2H3. The van der Waals surface area contributed by atoms with E-state index in [1.165, 1.54) is 11.1 Å². The predicted octanol–water partition coefficient (Wildman–Crippen LogP) is 5.33. The van der Waals surface area contributed by atoms with Crippen molar-refractivity contribution in [2.45, 2.75) is 53.8 Å². The molecule has 0 aliphatic heterocycles. The second-order valence-electron chi connectivity index (χ2n) is 7.05. The van der Waals surface area contributed by atoms with Crippen molar-refractivity contribution in [1.29, 1.82) is 5.41 Å². The molecule has 0 aliphatic rings. The van der Waals surface area contributed by atoms with Crippen LogP contribution in [0, 0.1) is 12.3 Å². The molecule has 1 amide bonds. The fourth-order valence-corrected chi connectivity index (χ4v) is 1.90. The number of benzene rings is 2. The molecule has 0 aromatic heterocycles. The van der Waals surface area contributed by atoms with Crippen molar-refractivity contribution in [3.05, 3.63) is 65.7 Å². The predicted molar refractivity (Wildman–Crippen MR) is 121 cm³/mol. The van der Waals surface area contributed by atoms with Crippen LogP contribution in [0.4, 0.5) is 4.79 Å². The highest BCUT2D eigenvalue weighted by Gasteiger charge is 2.15. The molecule has 2 rings (SSSR count). The molecule has 30 heavy (non-hydrogen) atoms. The van der Waals surface area contributed by atoms with Gasteiger partial charge in [0.15, 0.2) is 5.78 Å². The average Bonchev–Trinajstić information content (AvgIpc) is 2.73. The number of hydrogen-bond acceptors (Lipinski definition) is 5. The summed E-state index contributed by atoms with van der Waals surface area (Å²) < 4.78 is 10.5. The van der Waals surface area contributed by atoms with Crippen molar-refractivity contribution < 1.29 is 19.1 Å². The molecule has 0 atom stereocenters. The van der Waals surface area contributed by atoms with E-state index in [9.17, 15) is 9.59 Å². The van der Waals surface area contributed by atoms with Gasteiger partial charge in [0, 0.05) is 0 Å². The van der Waals surface area contributed by atoms with Crippen molar-refractivity contribution in [2.75, 3.05) is 6.54 Å². The van der Waals surface area contributed by atoms with E-state index >= 15 is 0 Å². The van der Waals surface area contributed by atoms with Gasteiger partial charge >= 0.3 is 6.09 Å². The molecule has 2 N–H and O–H groups in total. The second-order valence-corrected chi connectivity index (χ2v) is 7.05. The lowest BCUT2D eigenvalue weighted by Crippen LogP contribution is -2.35. The lowest BCUT2D eigenvalue weighted by molar-refractivity contribution is -0.111. The van der Waals surface area contributed by atoms with E-state index in [0.717, 1.165) is 5.75 Å². The topological polar surface area (TPSA) is 88.5 Å². The zero-order valence-electron chi connectivity index (χ0n) is 18.8. The monoisotopic (exact) mass is 414 g/mol. The van der Waals surface area contributed by atoms with Gasteiger partial charge in [-0.15, -0.1) is 0 Å². The molecule has 164 valence electrons. The molecule has 6 heteroatoms. The summed E-state index contributed by atoms with van der Waals surface area (Å²) in [5.74, 6) is 0.454. The molecule has 6 nitrogen and oxygen atoms in total. The smallest absolute Gasteiger partial charge is 0.408 e. The molecule has 2 aromatic rings. The first-order chi connectivity index (χ1) is 14.2. The van der Waals surface area contributed by atoms with Gasteiger partial charge in [-0.1, -0.05) is 61.9 Å². The van der Waals surface area contributed by atoms with Crippen LogP contribution >= 0.6 is 0 Å². The van der Waals surface area contributed by atoms with Gasteiger partial charge in [0.05, 0.1) is 12.8 Å². The number of rotatable bonds is 6. The number of ether oxygens (including phenoxy) is 2. The van der Waals surface area contributed by atoms with E-state index in [-0.39, 0.29) is 6.54 Å². The number of ketones is 1. The van der Waals surface area contributed by atoms with Gasteiger partial charge in [-0.05, 0) is 45.4 Å². The Morgan fingerprint density at radius 1 is 1.00 bits per heavy atom. The first-order valence-electron chi connectivity index (χ1n) is 9.93. The van der Waals surface area contributed by atoms with Gasteiger partial charge in [0.2, 0.25) is 0 Å². The molecular formula is C24H34N2O4. The minimum Gasteiger partial charge on any atom is -0.489 e. The van der Waals surface area contributed by atoms with Crippen LogP contribution in [0.5, 0.6) is 5.75 Å². The molecule has 0 saturated carbocycles. The molecule has 0 saturated heterocycles. The van der Waals surface area contributed by atoms with E-state index in [1.807, 2.05) is 44.2 Å². The maximum atomic E-state index is 10.9. The summed E-state index contributed by atoms with van der Waals surface area (Å²) in [5.41, 5.74) is 1.87. The Morgan fingerprint density at radius 2 is 1.57 bits per heavy atom. The molecule has 0 spiro atoms. The quantitative estimate of drug-likeness (QED) is 0.625. The van der Waals surface area contributed by atoms with E-state index in [1.54, 1.807) is 20.8 Å². The number of nitrogens with one attached hydrogen (secondary N) is 2. The number of Topliss-reactive ketones (excluding diaryl/α,β-unsaturated/α-hetero) is 1. The maximum absolute atomic E-state index is 10.9. The summed E-state index contributed by atoms with van der Waals surface area (Å²) in [6.07, 6.45) is -0.000111. The van der Waals surface area contributed by atoms with Gasteiger partial charge in [0.1, 0.15) is 18.0 Å². The summed E-state index contributed by atoms with van der Waals surface area (Å²) >= 11 is 0. The van der Waals surface area contributed by atoms with Crippen molar-refractivity contribution in [3.8, 4) is 5.75 Å². The Balaban J connectivity index is 0.000000524. The second kappa shape index (κ2) is 14.8. The highest BCUT2D eigenvalue weighted by atomic mass is 16.6. The number of carbonyl (C=O) groups excluding carboxylic acids is 2. The molecule has 0 aliphatic carbocycles. The van der Waals surface area contributed by atoms with Crippen LogP contribution in [-0.2, 0) is 16.1 Å². The third-order valence-electron chi connectivity index (χ3n) is 3.24. The SMILES string of the molecule is CC.CC(C)(C)OC(=O)NCC(=O)C=N.Cc1ccc(OCc2ccccc2)cc1. The van der Waals surface area contributed by atoms with E-state index in [2.05, 4.69) is 36.5 Å². The fourth-order valence-electron chi connectivity index (χ4n) is 1.90. The third kappa shape index (κ3) is 13.9. The van der Waals surface area contributed by atoms with Gasteiger partial charge in [-0.3, -0.25) is 4.79 Å². The van der Waals surface area contributed by atoms with Crippen LogP contribution in [0.25, 0.3) is 0 Å². The number of carbonyl (C=O) groups is 2. The molecule has 0 radical (unpaired) electrons. The highest BCUT2D eigenvalue weighted by Crippen LogP contribution is 2.13. The number of hydrogen-bond donors (Lipinski definition) is 2. The number of aryl methyl sites for hydroxylation is 1. The Hall–Kier alpha value is -3.15. The summed E-state index contributed by atoms with van der Waals surface area (Å²) in [7, 11) is 0. The van der Waals surface area contributed by atoms with Gasteiger partial charge in [0.25, 0.3) is 0 Å². The maximum Gasteiger partial charge on any atom is 0.408 e. The summed E-state index contributed by atoms with van der Waals surface area (Å²) in [5, 5.41) is 8.79. The van der Waals surface area contributed by atoms with E-state index in [0.29, 0.717) is 12.8 Å². The molecule has 0 fully saturated rings. The Morgan fingerprint density at radius 3 is 2.07 bits per heavy atom. The number of alkyl carbamates (subject to hydrolysis) is 1. The average molecular weight is 415 g/mol. The zero-order chi connectivity index (χ0) is 23.0. The first-order valence-corrected chi connectivity index (χ1v) is 9.93. The molecular weight excluding hydrogens is 380 g/mol. The van der Waals surface area contributed by atoms with Crippen molar-refractivity contribution in [3.63, 3.8) is 0 Å². The van der Waals surface area contributed by atoms with Crippen LogP contribution in [0.2, 0.25) is 0 Å². The lowest BCUT2D eigenvalue weighted by Gasteiger charge is -2.19. The Kier molecular flexibility index (Phi) is 13.2. The normalized spacial score (nSPS) is 9.67. The molecule has 0 heterocycles. The van der Waals surface area contributed by atoms with Crippen molar-refractivity contribution >= 4 is 18.1 Å². The third-order valence-corrected chi connectivity index (χ3v) is 3.24. The summed E-state index contributed by atoms with van der Waals surface area (Å²) in [6.45, 7) is 11.7. The first kappa shape index (κ1) is 26.9. The molecule has 0 bridgehead atoms. The van der Waals surface area contributed by atoms with Crippen molar-refractivity contribution in [2.24, 2.45) is 0 Å². The minimum absolute atomic E-state index is 0.196. The van der Waals surface area contributed by atoms with Gasteiger partial charge in [-0.25, -0.2) is 4.79 Å². The fraction of sp³-hybridized carbons (Fsp3) is 0.375. The van der Waals surface area contributed by atoms with E-state index in [4.69, 9.17) is 14.9 Å². The molecule has 0 unspecified atom stereocenters. The van der Waals surface area contributed by atoms with Gasteiger partial charge in [-0.2, -0.15) is 0 Å². The van der Waals surface area contributed by atoms with Crippen LogP contribution < -0.4 is 10.1 Å². The molecule has 2 aromatic carbocycles. The van der Waals surface area contributed by atoms with Crippen LogP contribution in [0.15, 0.2) is 54.6 Å². The van der Waals surface area contributed by atoms with Crippen LogP contribution in [0.1, 0.15) is 45.7 Å². The van der Waals surface area contributed by atoms with Crippen LogP contribution in [0.3, 0.4) is 0 Å². The minimum atomic E-state index is -0.650. The van der Waals surface area contributed by atoms with Crippen molar-refractivity contribution in [1.82, 2.24) is 5.32 Å². The summed E-state index contributed by atoms with van der Waals surface area (Å²) in [6, 6.07) is 18.3. The highest BCUT2D eigenvalue weighted by molar-refractivity contribution is 6.27.